The number of hydrogen-bond donors (Lipinski definition) is 0. The third kappa shape index (κ3) is 19.4. The predicted molar refractivity (Wildman–Crippen MR) is 29.5 cm³/mol. The Morgan fingerprint density at radius 1 is 1.57 bits per heavy atom. The summed E-state index contributed by atoms with van der Waals surface area (Å²) < 4.78 is 11.0. The van der Waals surface area contributed by atoms with Gasteiger partial charge in [0.15, 0.2) is 0 Å². The van der Waals surface area contributed by atoms with Gasteiger partial charge in [-0.05, 0) is 0 Å². The van der Waals surface area contributed by atoms with Gasteiger partial charge in [0.2, 0.25) is 0 Å². The van der Waals surface area contributed by atoms with Gasteiger partial charge in [0.05, 0.1) is 6.67 Å². The molecule has 0 N–H and O–H groups in total. The van der Waals surface area contributed by atoms with Gasteiger partial charge in [-0.2, -0.15) is 6.42 Å². The summed E-state index contributed by atoms with van der Waals surface area (Å²) in [6.45, 7) is 3.22. The van der Waals surface area contributed by atoms with E-state index in [1.54, 1.807) is 0 Å². The van der Waals surface area contributed by atoms with Gasteiger partial charge >= 0.3 is 30.0 Å². The summed E-state index contributed by atoms with van der Waals surface area (Å²) in [7, 11) is 0. The number of alkyl halides is 1. The summed E-state index contributed by atoms with van der Waals surface area (Å²) in [6.07, 6.45) is 1.33. The van der Waals surface area contributed by atoms with Crippen molar-refractivity contribution in [2.24, 2.45) is 0 Å². The van der Waals surface area contributed by atoms with Gasteiger partial charge in [0.1, 0.15) is 0 Å². The fourth-order valence-electron chi connectivity index (χ4n) is 0.0945. The number of hydrogen-bond acceptors (Lipinski definition) is 0. The molecule has 40 valence electrons. The van der Waals surface area contributed by atoms with E-state index in [9.17, 15) is 4.39 Å². The van der Waals surface area contributed by atoms with Crippen LogP contribution in [0.1, 0.15) is 12.8 Å². The molecule has 3 heteroatoms. The summed E-state index contributed by atoms with van der Waals surface area (Å²) >= 11 is 4.25. The van der Waals surface area contributed by atoms with E-state index in [-0.39, 0.29) is 6.67 Å². The third-order valence-electron chi connectivity index (χ3n) is 0.384. The van der Waals surface area contributed by atoms with Gasteiger partial charge in [-0.1, -0.05) is 6.42 Å². The van der Waals surface area contributed by atoms with Crippen LogP contribution in [0, 0.1) is 6.92 Å². The standard InChI is InChI=1S/C4H8F.BrH.Zn/c1-2-3-4-5;;/h1-4H2;1H;/q-1;;+2/p-1. The van der Waals surface area contributed by atoms with Crippen molar-refractivity contribution in [3.63, 3.8) is 0 Å². The number of rotatable bonds is 2. The zero-order valence-corrected chi connectivity index (χ0v) is 8.84. The van der Waals surface area contributed by atoms with Crippen molar-refractivity contribution in [3.05, 3.63) is 6.92 Å². The van der Waals surface area contributed by atoms with Crippen LogP contribution in [0.4, 0.5) is 4.39 Å². The first-order valence-electron chi connectivity index (χ1n) is 2.03. The van der Waals surface area contributed by atoms with Crippen LogP contribution in [0.2, 0.25) is 0 Å². The van der Waals surface area contributed by atoms with Crippen LogP contribution >= 0.6 is 13.6 Å². The molecule has 0 saturated heterocycles. The molecule has 0 rings (SSSR count). The van der Waals surface area contributed by atoms with Crippen LogP contribution in [0.25, 0.3) is 0 Å². The fourth-order valence-corrected chi connectivity index (χ4v) is 0.0945. The Bertz CT molecular complexity index is 19.2. The average molecular weight is 220 g/mol. The first kappa shape index (κ1) is 10.9. The third-order valence-corrected chi connectivity index (χ3v) is 0.384. The van der Waals surface area contributed by atoms with Gasteiger partial charge in [0.25, 0.3) is 0 Å². The van der Waals surface area contributed by atoms with Crippen molar-refractivity contribution >= 4 is 13.6 Å². The Balaban J connectivity index is 0. The second-order valence-electron chi connectivity index (χ2n) is 0.896. The molecule has 0 saturated carbocycles. The van der Waals surface area contributed by atoms with Gasteiger partial charge in [-0.3, -0.25) is 4.39 Å². The summed E-state index contributed by atoms with van der Waals surface area (Å²) in [5.41, 5.74) is 0. The topological polar surface area (TPSA) is 0 Å². The first-order chi connectivity index (χ1) is 3.41. The molecule has 0 atom stereocenters. The van der Waals surface area contributed by atoms with Crippen molar-refractivity contribution in [1.29, 1.82) is 0 Å². The van der Waals surface area contributed by atoms with E-state index in [1.165, 1.54) is 16.3 Å². The van der Waals surface area contributed by atoms with Crippen molar-refractivity contribution in [2.75, 3.05) is 6.67 Å². The Kier molecular flexibility index (Phi) is 24.5. The van der Waals surface area contributed by atoms with Crippen LogP contribution in [0.15, 0.2) is 0 Å². The maximum absolute atomic E-state index is 11.0. The van der Waals surface area contributed by atoms with Crippen LogP contribution in [-0.4, -0.2) is 6.67 Å². The minimum atomic E-state index is -0.219. The molecule has 0 spiro atoms. The van der Waals surface area contributed by atoms with E-state index in [4.69, 9.17) is 0 Å². The minimum absolute atomic E-state index is 0.219. The van der Waals surface area contributed by atoms with Crippen molar-refractivity contribution < 1.29 is 20.7 Å². The Morgan fingerprint density at radius 3 is 2.00 bits per heavy atom. The molecule has 0 radical (unpaired) electrons. The second-order valence-corrected chi connectivity index (χ2v) is 0.896. The number of halogens is 2. The van der Waals surface area contributed by atoms with Crippen molar-refractivity contribution in [2.45, 2.75) is 12.8 Å². The van der Waals surface area contributed by atoms with Gasteiger partial charge in [-0.15, -0.1) is 0 Å². The van der Waals surface area contributed by atoms with E-state index >= 15 is 0 Å². The number of unbranched alkanes of at least 4 members (excludes halogenated alkanes) is 1. The second kappa shape index (κ2) is 15.7. The van der Waals surface area contributed by atoms with E-state index < -0.39 is 0 Å². The average Bonchev–Trinajstić information content (AvgIpc) is 1.75. The van der Waals surface area contributed by atoms with Crippen LogP contribution in [0.3, 0.4) is 0 Å². The molecule has 7 heavy (non-hydrogen) atoms. The molecule has 0 aliphatic carbocycles. The maximum atomic E-state index is 11.0. The van der Waals surface area contributed by atoms with Gasteiger partial charge in [-0.25, -0.2) is 0 Å². The summed E-state index contributed by atoms with van der Waals surface area (Å²) in [5.74, 6) is 0. The molecule has 0 aliphatic rings. The SMILES string of the molecule is [CH2-]CCCF.[Zn+][Br]. The zero-order chi connectivity index (χ0) is 6.12. The molecule has 0 nitrogen and oxygen atoms in total. The molecule has 0 aromatic heterocycles. The zero-order valence-electron chi connectivity index (χ0n) is 4.29. The van der Waals surface area contributed by atoms with Gasteiger partial charge < -0.3 is 6.92 Å². The quantitative estimate of drug-likeness (QED) is 0.495. The molecular formula is C4H8BrFZn. The molecule has 0 heterocycles. The molecule has 0 amide bonds. The van der Waals surface area contributed by atoms with Crippen LogP contribution in [0.5, 0.6) is 0 Å². The van der Waals surface area contributed by atoms with E-state index in [0.717, 1.165) is 6.42 Å². The van der Waals surface area contributed by atoms with Gasteiger partial charge in [0, 0.05) is 0 Å². The van der Waals surface area contributed by atoms with Crippen LogP contribution < -0.4 is 0 Å². The molecule has 0 bridgehead atoms. The molecule has 0 aromatic carbocycles. The Morgan fingerprint density at radius 2 is 2.00 bits per heavy atom. The van der Waals surface area contributed by atoms with Crippen molar-refractivity contribution in [3.8, 4) is 0 Å². The predicted octanol–water partition coefficient (Wildman–Crippen LogP) is 2.41. The van der Waals surface area contributed by atoms with E-state index in [2.05, 4.69) is 20.5 Å². The summed E-state index contributed by atoms with van der Waals surface area (Å²) in [6, 6.07) is 0. The Labute approximate surface area is 60.9 Å². The van der Waals surface area contributed by atoms with Crippen molar-refractivity contribution in [1.82, 2.24) is 0 Å². The summed E-state index contributed by atoms with van der Waals surface area (Å²) in [4.78, 5) is 0. The molecular weight excluding hydrogens is 212 g/mol. The summed E-state index contributed by atoms with van der Waals surface area (Å²) in [5, 5.41) is 0. The van der Waals surface area contributed by atoms with E-state index in [1.807, 2.05) is 0 Å². The Hall–Kier alpha value is 1.03. The molecule has 0 fully saturated rings. The molecule has 0 aliphatic heterocycles. The van der Waals surface area contributed by atoms with Crippen LogP contribution in [-0.2, 0) is 16.3 Å². The van der Waals surface area contributed by atoms with E-state index in [0.29, 0.717) is 6.42 Å². The normalized spacial score (nSPS) is 7.00. The fraction of sp³-hybridized carbons (Fsp3) is 0.750. The first-order valence-corrected chi connectivity index (χ1v) is 8.98. The monoisotopic (exact) mass is 218 g/mol. The molecule has 0 aromatic rings. The molecule has 0 unspecified atom stereocenters.